The molecule has 0 saturated carbocycles. The third-order valence-electron chi connectivity index (χ3n) is 1.96. The van der Waals surface area contributed by atoms with Crippen molar-refractivity contribution in [2.75, 3.05) is 18.0 Å². The van der Waals surface area contributed by atoms with E-state index in [1.54, 1.807) is 12.3 Å². The fourth-order valence-corrected chi connectivity index (χ4v) is 1.21. The van der Waals surface area contributed by atoms with Crippen LogP contribution >= 0.6 is 0 Å². The normalized spacial score (nSPS) is 9.14. The molecule has 1 rings (SSSR count). The van der Waals surface area contributed by atoms with Gasteiger partial charge in [0, 0.05) is 13.1 Å². The maximum Gasteiger partial charge on any atom is 0.140 e. The highest BCUT2D eigenvalue weighted by Crippen LogP contribution is 2.12. The van der Waals surface area contributed by atoms with E-state index in [0.717, 1.165) is 18.8 Å². The molecule has 3 nitrogen and oxygen atoms in total. The Hall–Kier alpha value is -1.82. The minimum atomic E-state index is 0.448. The Balaban J connectivity index is 2.84. The molecule has 0 saturated heterocycles. The van der Waals surface area contributed by atoms with Gasteiger partial charge in [-0.3, -0.25) is 0 Å². The van der Waals surface area contributed by atoms with Gasteiger partial charge in [-0.25, -0.2) is 4.98 Å². The van der Waals surface area contributed by atoms with Crippen molar-refractivity contribution in [1.82, 2.24) is 4.98 Å². The molecule has 0 unspecified atom stereocenters. The predicted molar refractivity (Wildman–Crippen MR) is 57.0 cm³/mol. The first kappa shape index (κ1) is 10.3. The number of nitriles is 1. The van der Waals surface area contributed by atoms with Gasteiger partial charge in [0.1, 0.15) is 11.8 Å². The van der Waals surface area contributed by atoms with E-state index in [2.05, 4.69) is 23.4 Å². The zero-order valence-corrected chi connectivity index (χ0v) is 8.27. The van der Waals surface area contributed by atoms with Crippen molar-refractivity contribution in [3.63, 3.8) is 0 Å². The van der Waals surface area contributed by atoms with E-state index < -0.39 is 0 Å². The molecule has 72 valence electrons. The molecular formula is C11H13N3. The summed E-state index contributed by atoms with van der Waals surface area (Å²) in [6.45, 7) is 7.46. The van der Waals surface area contributed by atoms with Crippen molar-refractivity contribution in [2.24, 2.45) is 0 Å². The average molecular weight is 187 g/mol. The van der Waals surface area contributed by atoms with Gasteiger partial charge >= 0.3 is 0 Å². The number of aromatic nitrogens is 1. The van der Waals surface area contributed by atoms with E-state index in [1.807, 2.05) is 18.2 Å². The lowest BCUT2D eigenvalue weighted by molar-refractivity contribution is 0.901. The molecule has 0 aromatic carbocycles. The lowest BCUT2D eigenvalue weighted by atomic mass is 10.3. The van der Waals surface area contributed by atoms with Gasteiger partial charge in [-0.2, -0.15) is 5.26 Å². The molecule has 0 radical (unpaired) electrons. The highest BCUT2D eigenvalue weighted by atomic mass is 15.1. The van der Waals surface area contributed by atoms with Crippen LogP contribution in [0.2, 0.25) is 0 Å². The van der Waals surface area contributed by atoms with Gasteiger partial charge in [-0.1, -0.05) is 6.08 Å². The Labute approximate surface area is 84.3 Å². The molecule has 1 aromatic rings. The maximum absolute atomic E-state index is 8.59. The summed E-state index contributed by atoms with van der Waals surface area (Å²) in [4.78, 5) is 6.14. The summed E-state index contributed by atoms with van der Waals surface area (Å²) < 4.78 is 0. The van der Waals surface area contributed by atoms with Gasteiger partial charge in [-0.05, 0) is 19.1 Å². The lowest BCUT2D eigenvalue weighted by Crippen LogP contribution is -2.22. The SMILES string of the molecule is C=CCN(CC)c1ccc(C#N)nc1. The van der Waals surface area contributed by atoms with Crippen LogP contribution in [-0.2, 0) is 0 Å². The van der Waals surface area contributed by atoms with E-state index in [0.29, 0.717) is 5.69 Å². The van der Waals surface area contributed by atoms with E-state index >= 15 is 0 Å². The molecule has 3 heteroatoms. The molecule has 0 N–H and O–H groups in total. The molecule has 0 aliphatic heterocycles. The van der Waals surface area contributed by atoms with Crippen LogP contribution in [-0.4, -0.2) is 18.1 Å². The van der Waals surface area contributed by atoms with Gasteiger partial charge in [-0.15, -0.1) is 6.58 Å². The Morgan fingerprint density at radius 1 is 1.64 bits per heavy atom. The second kappa shape index (κ2) is 5.03. The van der Waals surface area contributed by atoms with Crippen molar-refractivity contribution >= 4 is 5.69 Å². The summed E-state index contributed by atoms with van der Waals surface area (Å²) in [5, 5.41) is 8.59. The van der Waals surface area contributed by atoms with Crippen LogP contribution in [0, 0.1) is 11.3 Å². The number of hydrogen-bond donors (Lipinski definition) is 0. The molecular weight excluding hydrogens is 174 g/mol. The van der Waals surface area contributed by atoms with Crippen LogP contribution < -0.4 is 4.90 Å². The third kappa shape index (κ3) is 2.33. The largest absolute Gasteiger partial charge is 0.367 e. The summed E-state index contributed by atoms with van der Waals surface area (Å²) in [5.74, 6) is 0. The van der Waals surface area contributed by atoms with Gasteiger partial charge < -0.3 is 4.90 Å². The Morgan fingerprint density at radius 3 is 2.86 bits per heavy atom. The number of nitrogens with zero attached hydrogens (tertiary/aromatic N) is 3. The van der Waals surface area contributed by atoms with Crippen LogP contribution in [0.4, 0.5) is 5.69 Å². The van der Waals surface area contributed by atoms with Crippen LogP contribution in [0.1, 0.15) is 12.6 Å². The van der Waals surface area contributed by atoms with Crippen molar-refractivity contribution in [1.29, 1.82) is 5.26 Å². The summed E-state index contributed by atoms with van der Waals surface area (Å²) in [6, 6.07) is 5.62. The van der Waals surface area contributed by atoms with E-state index in [9.17, 15) is 0 Å². The first-order chi connectivity index (χ1) is 6.81. The minimum absolute atomic E-state index is 0.448. The minimum Gasteiger partial charge on any atom is -0.367 e. The zero-order valence-electron chi connectivity index (χ0n) is 8.27. The summed E-state index contributed by atoms with van der Waals surface area (Å²) >= 11 is 0. The van der Waals surface area contributed by atoms with Crippen molar-refractivity contribution in [3.8, 4) is 6.07 Å². The van der Waals surface area contributed by atoms with Gasteiger partial charge in [0.25, 0.3) is 0 Å². The Bertz CT molecular complexity index is 335. The second-order valence-electron chi connectivity index (χ2n) is 2.84. The number of rotatable bonds is 4. The zero-order chi connectivity index (χ0) is 10.4. The molecule has 1 heterocycles. The van der Waals surface area contributed by atoms with E-state index in [1.165, 1.54) is 0 Å². The molecule has 14 heavy (non-hydrogen) atoms. The number of likely N-dealkylation sites (N-methyl/N-ethyl adjacent to an activating group) is 1. The topological polar surface area (TPSA) is 39.9 Å². The fraction of sp³-hybridized carbons (Fsp3) is 0.273. The molecule has 0 spiro atoms. The van der Waals surface area contributed by atoms with Gasteiger partial charge in [0.05, 0.1) is 11.9 Å². The second-order valence-corrected chi connectivity index (χ2v) is 2.84. The molecule has 0 amide bonds. The monoisotopic (exact) mass is 187 g/mol. The van der Waals surface area contributed by atoms with Crippen LogP contribution in [0.3, 0.4) is 0 Å². The van der Waals surface area contributed by atoms with Crippen LogP contribution in [0.5, 0.6) is 0 Å². The Morgan fingerprint density at radius 2 is 2.43 bits per heavy atom. The first-order valence-corrected chi connectivity index (χ1v) is 4.53. The van der Waals surface area contributed by atoms with Crippen molar-refractivity contribution < 1.29 is 0 Å². The lowest BCUT2D eigenvalue weighted by Gasteiger charge is -2.20. The molecule has 0 aliphatic rings. The quantitative estimate of drug-likeness (QED) is 0.676. The molecule has 0 aliphatic carbocycles. The molecule has 0 atom stereocenters. The van der Waals surface area contributed by atoms with Crippen molar-refractivity contribution in [3.05, 3.63) is 36.7 Å². The average Bonchev–Trinajstić information content (AvgIpc) is 2.26. The predicted octanol–water partition coefficient (Wildman–Crippen LogP) is 1.97. The Kier molecular flexibility index (Phi) is 3.69. The van der Waals surface area contributed by atoms with Crippen molar-refractivity contribution in [2.45, 2.75) is 6.92 Å². The maximum atomic E-state index is 8.59. The standard InChI is InChI=1S/C11H13N3/c1-3-7-14(4-2)11-6-5-10(8-12)13-9-11/h3,5-6,9H,1,4,7H2,2H3. The molecule has 0 bridgehead atoms. The smallest absolute Gasteiger partial charge is 0.140 e. The van der Waals surface area contributed by atoms with E-state index in [4.69, 9.17) is 5.26 Å². The number of anilines is 1. The number of hydrogen-bond acceptors (Lipinski definition) is 3. The summed E-state index contributed by atoms with van der Waals surface area (Å²) in [7, 11) is 0. The highest BCUT2D eigenvalue weighted by molar-refractivity contribution is 5.46. The van der Waals surface area contributed by atoms with Gasteiger partial charge in [0.2, 0.25) is 0 Å². The van der Waals surface area contributed by atoms with Gasteiger partial charge in [0.15, 0.2) is 0 Å². The van der Waals surface area contributed by atoms with Crippen LogP contribution in [0.15, 0.2) is 31.0 Å². The molecule has 1 aromatic heterocycles. The fourth-order valence-electron chi connectivity index (χ4n) is 1.21. The van der Waals surface area contributed by atoms with Crippen LogP contribution in [0.25, 0.3) is 0 Å². The summed E-state index contributed by atoms with van der Waals surface area (Å²) in [5.41, 5.74) is 1.47. The van der Waals surface area contributed by atoms with E-state index in [-0.39, 0.29) is 0 Å². The third-order valence-corrected chi connectivity index (χ3v) is 1.96. The molecule has 0 fully saturated rings. The highest BCUT2D eigenvalue weighted by Gasteiger charge is 2.01. The first-order valence-electron chi connectivity index (χ1n) is 4.53. The number of pyridine rings is 1. The summed E-state index contributed by atoms with van der Waals surface area (Å²) in [6.07, 6.45) is 3.56.